The molecule has 0 aliphatic carbocycles. The molecular weight excluding hydrogens is 294 g/mol. The highest BCUT2D eigenvalue weighted by atomic mass is 15.2. The maximum atomic E-state index is 5.93. The summed E-state index contributed by atoms with van der Waals surface area (Å²) in [6.07, 6.45) is 3.62. The molecule has 0 saturated carbocycles. The summed E-state index contributed by atoms with van der Waals surface area (Å²) in [5, 5.41) is 3.71. The van der Waals surface area contributed by atoms with Crippen molar-refractivity contribution in [2.45, 2.75) is 45.2 Å². The Labute approximate surface area is 145 Å². The highest BCUT2D eigenvalue weighted by molar-refractivity contribution is 5.57. The van der Waals surface area contributed by atoms with Crippen LogP contribution in [0.5, 0.6) is 0 Å². The molecule has 1 heterocycles. The molecule has 1 aliphatic rings. The van der Waals surface area contributed by atoms with Crippen molar-refractivity contribution in [3.63, 3.8) is 0 Å². The van der Waals surface area contributed by atoms with E-state index in [1.54, 1.807) is 0 Å². The summed E-state index contributed by atoms with van der Waals surface area (Å²) in [6, 6.07) is 18.2. The molecule has 2 atom stereocenters. The molecule has 1 fully saturated rings. The SMILES string of the molecule is CCC(c1ccccc1)N1CCCC(Nc2ccc(N)c(C)c2)C1. The standard InChI is InChI=1S/C21H29N3/c1-3-21(17-8-5-4-6-9-17)24-13-7-10-19(15-24)23-18-11-12-20(22)16(2)14-18/h4-6,8-9,11-12,14,19,21,23H,3,7,10,13,15,22H2,1-2H3. The van der Waals surface area contributed by atoms with Crippen LogP contribution in [-0.4, -0.2) is 24.0 Å². The molecule has 0 bridgehead atoms. The van der Waals surface area contributed by atoms with Crippen molar-refractivity contribution in [2.24, 2.45) is 0 Å². The van der Waals surface area contributed by atoms with Crippen LogP contribution in [0, 0.1) is 6.92 Å². The van der Waals surface area contributed by atoms with Crippen molar-refractivity contribution < 1.29 is 0 Å². The minimum Gasteiger partial charge on any atom is -0.399 e. The number of nitrogens with zero attached hydrogens (tertiary/aromatic N) is 1. The van der Waals surface area contributed by atoms with Gasteiger partial charge < -0.3 is 11.1 Å². The predicted molar refractivity (Wildman–Crippen MR) is 103 cm³/mol. The second-order valence-electron chi connectivity index (χ2n) is 6.88. The van der Waals surface area contributed by atoms with Gasteiger partial charge in [-0.15, -0.1) is 0 Å². The Morgan fingerprint density at radius 2 is 2.00 bits per heavy atom. The predicted octanol–water partition coefficient (Wildman–Crippen LogP) is 4.60. The molecule has 1 saturated heterocycles. The molecule has 3 heteroatoms. The molecule has 3 rings (SSSR count). The molecule has 0 radical (unpaired) electrons. The quantitative estimate of drug-likeness (QED) is 0.790. The fourth-order valence-corrected chi connectivity index (χ4v) is 3.79. The monoisotopic (exact) mass is 323 g/mol. The summed E-state index contributed by atoms with van der Waals surface area (Å²) in [5.41, 5.74) is 10.6. The van der Waals surface area contributed by atoms with Gasteiger partial charge in [-0.25, -0.2) is 0 Å². The third kappa shape index (κ3) is 3.90. The fraction of sp³-hybridized carbons (Fsp3) is 0.429. The maximum Gasteiger partial charge on any atom is 0.0389 e. The van der Waals surface area contributed by atoms with E-state index in [9.17, 15) is 0 Å². The molecule has 0 aromatic heterocycles. The molecule has 24 heavy (non-hydrogen) atoms. The Hall–Kier alpha value is -2.00. The van der Waals surface area contributed by atoms with Crippen LogP contribution in [0.2, 0.25) is 0 Å². The molecule has 0 amide bonds. The molecule has 128 valence electrons. The number of nitrogen functional groups attached to an aromatic ring is 1. The van der Waals surface area contributed by atoms with E-state index in [0.29, 0.717) is 12.1 Å². The van der Waals surface area contributed by atoms with Crippen molar-refractivity contribution in [3.8, 4) is 0 Å². The summed E-state index contributed by atoms with van der Waals surface area (Å²) in [6.45, 7) is 6.64. The highest BCUT2D eigenvalue weighted by Gasteiger charge is 2.25. The first-order valence-corrected chi connectivity index (χ1v) is 9.09. The number of nitrogens with one attached hydrogen (secondary N) is 1. The number of nitrogens with two attached hydrogens (primary N) is 1. The lowest BCUT2D eigenvalue weighted by Crippen LogP contribution is -2.43. The number of hydrogen-bond acceptors (Lipinski definition) is 3. The van der Waals surface area contributed by atoms with E-state index in [-0.39, 0.29) is 0 Å². The van der Waals surface area contributed by atoms with E-state index < -0.39 is 0 Å². The molecule has 0 spiro atoms. The third-order valence-corrected chi connectivity index (χ3v) is 5.11. The minimum atomic E-state index is 0.500. The first-order valence-electron chi connectivity index (χ1n) is 9.09. The number of anilines is 2. The molecule has 1 aliphatic heterocycles. The van der Waals surface area contributed by atoms with Gasteiger partial charge in [-0.1, -0.05) is 37.3 Å². The Bertz CT molecular complexity index is 653. The van der Waals surface area contributed by atoms with Crippen LogP contribution in [0.1, 0.15) is 43.4 Å². The van der Waals surface area contributed by atoms with Gasteiger partial charge in [-0.3, -0.25) is 4.90 Å². The fourth-order valence-electron chi connectivity index (χ4n) is 3.79. The Balaban J connectivity index is 1.68. The van der Waals surface area contributed by atoms with E-state index in [1.165, 1.54) is 30.6 Å². The maximum absolute atomic E-state index is 5.93. The molecule has 2 aromatic carbocycles. The van der Waals surface area contributed by atoms with E-state index in [2.05, 4.69) is 66.5 Å². The number of piperidine rings is 1. The van der Waals surface area contributed by atoms with Gasteiger partial charge in [0.25, 0.3) is 0 Å². The Kier molecular flexibility index (Phi) is 5.41. The van der Waals surface area contributed by atoms with Crippen LogP contribution in [0.4, 0.5) is 11.4 Å². The number of benzene rings is 2. The average Bonchev–Trinajstić information content (AvgIpc) is 2.60. The van der Waals surface area contributed by atoms with Gasteiger partial charge in [0.2, 0.25) is 0 Å². The summed E-state index contributed by atoms with van der Waals surface area (Å²) < 4.78 is 0. The van der Waals surface area contributed by atoms with Gasteiger partial charge in [0.05, 0.1) is 0 Å². The summed E-state index contributed by atoms with van der Waals surface area (Å²) in [7, 11) is 0. The zero-order chi connectivity index (χ0) is 16.9. The van der Waals surface area contributed by atoms with E-state index in [1.807, 2.05) is 6.07 Å². The number of hydrogen-bond donors (Lipinski definition) is 2. The highest BCUT2D eigenvalue weighted by Crippen LogP contribution is 2.28. The topological polar surface area (TPSA) is 41.3 Å². The van der Waals surface area contributed by atoms with Gasteiger partial charge in [-0.2, -0.15) is 0 Å². The summed E-state index contributed by atoms with van der Waals surface area (Å²) in [5.74, 6) is 0. The third-order valence-electron chi connectivity index (χ3n) is 5.11. The molecular formula is C21H29N3. The van der Waals surface area contributed by atoms with Crippen molar-refractivity contribution in [1.82, 2.24) is 4.90 Å². The van der Waals surface area contributed by atoms with Gasteiger partial charge in [0, 0.05) is 30.0 Å². The molecule has 2 unspecified atom stereocenters. The second-order valence-corrected chi connectivity index (χ2v) is 6.88. The molecule has 3 nitrogen and oxygen atoms in total. The summed E-state index contributed by atoms with van der Waals surface area (Å²) in [4.78, 5) is 2.64. The van der Waals surface area contributed by atoms with Crippen LogP contribution >= 0.6 is 0 Å². The molecule has 3 N–H and O–H groups in total. The van der Waals surface area contributed by atoms with Gasteiger partial charge in [0.15, 0.2) is 0 Å². The number of rotatable bonds is 5. The van der Waals surface area contributed by atoms with Gasteiger partial charge in [-0.05, 0) is 62.1 Å². The van der Waals surface area contributed by atoms with Gasteiger partial charge >= 0.3 is 0 Å². The number of likely N-dealkylation sites (tertiary alicyclic amines) is 1. The minimum absolute atomic E-state index is 0.500. The Morgan fingerprint density at radius 1 is 1.21 bits per heavy atom. The lowest BCUT2D eigenvalue weighted by Gasteiger charge is -2.39. The zero-order valence-corrected chi connectivity index (χ0v) is 14.8. The normalized spacial score (nSPS) is 19.8. The first kappa shape index (κ1) is 16.8. The van der Waals surface area contributed by atoms with Crippen LogP contribution < -0.4 is 11.1 Å². The second kappa shape index (κ2) is 7.71. The van der Waals surface area contributed by atoms with Crippen LogP contribution in [0.25, 0.3) is 0 Å². The largest absolute Gasteiger partial charge is 0.399 e. The molecule has 2 aromatic rings. The van der Waals surface area contributed by atoms with Crippen molar-refractivity contribution in [2.75, 3.05) is 24.1 Å². The van der Waals surface area contributed by atoms with Crippen molar-refractivity contribution in [3.05, 3.63) is 59.7 Å². The van der Waals surface area contributed by atoms with Crippen LogP contribution in [0.3, 0.4) is 0 Å². The average molecular weight is 323 g/mol. The van der Waals surface area contributed by atoms with Crippen LogP contribution in [0.15, 0.2) is 48.5 Å². The van der Waals surface area contributed by atoms with Crippen molar-refractivity contribution >= 4 is 11.4 Å². The van der Waals surface area contributed by atoms with E-state index in [0.717, 1.165) is 24.2 Å². The van der Waals surface area contributed by atoms with Crippen LogP contribution in [-0.2, 0) is 0 Å². The lowest BCUT2D eigenvalue weighted by molar-refractivity contribution is 0.150. The van der Waals surface area contributed by atoms with Gasteiger partial charge in [0.1, 0.15) is 0 Å². The van der Waals surface area contributed by atoms with Crippen molar-refractivity contribution in [1.29, 1.82) is 0 Å². The van der Waals surface area contributed by atoms with E-state index >= 15 is 0 Å². The number of aryl methyl sites for hydroxylation is 1. The first-order chi connectivity index (χ1) is 11.7. The summed E-state index contributed by atoms with van der Waals surface area (Å²) >= 11 is 0. The smallest absolute Gasteiger partial charge is 0.0389 e. The zero-order valence-electron chi connectivity index (χ0n) is 14.8. The van der Waals surface area contributed by atoms with E-state index in [4.69, 9.17) is 5.73 Å². The lowest BCUT2D eigenvalue weighted by atomic mass is 9.97. The Morgan fingerprint density at radius 3 is 2.71 bits per heavy atom.